The van der Waals surface area contributed by atoms with E-state index in [1.807, 2.05) is 4.90 Å². The summed E-state index contributed by atoms with van der Waals surface area (Å²) in [6.07, 6.45) is -1.77. The van der Waals surface area contributed by atoms with Crippen LogP contribution >= 0.6 is 0 Å². The maximum absolute atomic E-state index is 12.8. The van der Waals surface area contributed by atoms with Crippen LogP contribution in [0.1, 0.15) is 30.4 Å². The molecule has 2 fully saturated rings. The molecule has 138 valence electrons. The molecule has 0 radical (unpaired) electrons. The molecule has 1 aliphatic carbocycles. The molecule has 0 bridgehead atoms. The number of hydrogen-bond donors (Lipinski definition) is 1. The van der Waals surface area contributed by atoms with Gasteiger partial charge in [-0.25, -0.2) is 0 Å². The van der Waals surface area contributed by atoms with Crippen molar-refractivity contribution in [3.8, 4) is 0 Å². The van der Waals surface area contributed by atoms with Gasteiger partial charge in [-0.1, -0.05) is 18.2 Å². The Morgan fingerprint density at radius 3 is 2.48 bits per heavy atom. The second-order valence-electron chi connectivity index (χ2n) is 7.07. The van der Waals surface area contributed by atoms with Crippen LogP contribution in [0.25, 0.3) is 0 Å². The van der Waals surface area contributed by atoms with Crippen LogP contribution in [0.3, 0.4) is 0 Å². The molecule has 7 heteroatoms. The zero-order valence-electron chi connectivity index (χ0n) is 14.1. The van der Waals surface area contributed by atoms with E-state index in [-0.39, 0.29) is 17.9 Å². The second-order valence-corrected chi connectivity index (χ2v) is 7.07. The van der Waals surface area contributed by atoms with Crippen LogP contribution in [0.15, 0.2) is 24.3 Å². The molecule has 1 amide bonds. The number of nitrogens with zero attached hydrogens (tertiary/aromatic N) is 2. The monoisotopic (exact) mass is 355 g/mol. The average molecular weight is 355 g/mol. The Morgan fingerprint density at radius 1 is 1.16 bits per heavy atom. The highest BCUT2D eigenvalue weighted by atomic mass is 19.4. The molecule has 1 aromatic carbocycles. The van der Waals surface area contributed by atoms with Gasteiger partial charge in [-0.3, -0.25) is 9.69 Å². The molecule has 1 saturated heterocycles. The Morgan fingerprint density at radius 2 is 1.88 bits per heavy atom. The van der Waals surface area contributed by atoms with E-state index in [0.29, 0.717) is 38.3 Å². The van der Waals surface area contributed by atoms with E-state index >= 15 is 0 Å². The first-order valence-electron chi connectivity index (χ1n) is 8.76. The van der Waals surface area contributed by atoms with Gasteiger partial charge in [-0.15, -0.1) is 0 Å². The fourth-order valence-electron chi connectivity index (χ4n) is 3.73. The molecule has 1 aromatic rings. The first-order chi connectivity index (χ1) is 11.8. The summed E-state index contributed by atoms with van der Waals surface area (Å²) in [5.74, 6) is 0.233. The van der Waals surface area contributed by atoms with Gasteiger partial charge in [0.25, 0.3) is 0 Å². The zero-order chi connectivity index (χ0) is 18.0. The summed E-state index contributed by atoms with van der Waals surface area (Å²) in [5, 5.41) is 0. The summed E-state index contributed by atoms with van der Waals surface area (Å²) in [6, 6.07) is 5.59. The summed E-state index contributed by atoms with van der Waals surface area (Å²) in [4.78, 5) is 16.5. The molecule has 0 spiro atoms. The maximum atomic E-state index is 12.8. The fourth-order valence-corrected chi connectivity index (χ4v) is 3.73. The largest absolute Gasteiger partial charge is 0.416 e. The molecule has 2 N–H and O–H groups in total. The zero-order valence-corrected chi connectivity index (χ0v) is 14.1. The van der Waals surface area contributed by atoms with E-state index in [1.54, 1.807) is 6.07 Å². The molecule has 3 rings (SSSR count). The number of rotatable bonds is 3. The number of carbonyl (C=O) groups excluding carboxylic acids is 1. The van der Waals surface area contributed by atoms with Gasteiger partial charge >= 0.3 is 6.18 Å². The molecule has 2 unspecified atom stereocenters. The third-order valence-electron chi connectivity index (χ3n) is 5.17. The van der Waals surface area contributed by atoms with Crippen LogP contribution in [0.5, 0.6) is 0 Å². The molecule has 1 saturated carbocycles. The number of nitrogens with two attached hydrogens (primary N) is 1. The van der Waals surface area contributed by atoms with Gasteiger partial charge in [0, 0.05) is 44.7 Å². The number of amides is 1. The number of carbonyl (C=O) groups is 1. The highest BCUT2D eigenvalue weighted by Gasteiger charge is 2.33. The van der Waals surface area contributed by atoms with Crippen LogP contribution in [0.4, 0.5) is 13.2 Å². The van der Waals surface area contributed by atoms with Crippen molar-refractivity contribution in [2.75, 3.05) is 26.2 Å². The lowest BCUT2D eigenvalue weighted by atomic mass is 10.1. The van der Waals surface area contributed by atoms with Gasteiger partial charge in [0.1, 0.15) is 0 Å². The van der Waals surface area contributed by atoms with Crippen molar-refractivity contribution in [3.63, 3.8) is 0 Å². The predicted molar refractivity (Wildman–Crippen MR) is 88.6 cm³/mol. The van der Waals surface area contributed by atoms with Gasteiger partial charge in [-0.05, 0) is 30.9 Å². The Hall–Kier alpha value is -1.60. The predicted octanol–water partition coefficient (Wildman–Crippen LogP) is 2.48. The normalized spacial score (nSPS) is 25.4. The van der Waals surface area contributed by atoms with Gasteiger partial charge < -0.3 is 10.6 Å². The summed E-state index contributed by atoms with van der Waals surface area (Å²) < 4.78 is 38.4. The average Bonchev–Trinajstić information content (AvgIpc) is 3.01. The third kappa shape index (κ3) is 4.52. The quantitative estimate of drug-likeness (QED) is 0.906. The van der Waals surface area contributed by atoms with Crippen molar-refractivity contribution >= 4 is 5.91 Å². The van der Waals surface area contributed by atoms with Gasteiger partial charge in [0.15, 0.2) is 0 Å². The smallest absolute Gasteiger partial charge is 0.340 e. The molecular weight excluding hydrogens is 331 g/mol. The minimum absolute atomic E-state index is 0.0463. The topological polar surface area (TPSA) is 49.6 Å². The SMILES string of the molecule is NC1CCC(C(=O)N2CCN(Cc3cccc(C(F)(F)F)c3)CC2)C1. The number of hydrogen-bond acceptors (Lipinski definition) is 3. The van der Waals surface area contributed by atoms with Crippen molar-refractivity contribution in [2.24, 2.45) is 11.7 Å². The lowest BCUT2D eigenvalue weighted by Gasteiger charge is -2.36. The minimum Gasteiger partial charge on any atom is -0.340 e. The van der Waals surface area contributed by atoms with E-state index in [0.717, 1.165) is 25.3 Å². The second kappa shape index (κ2) is 7.33. The van der Waals surface area contributed by atoms with Gasteiger partial charge in [-0.2, -0.15) is 13.2 Å². The summed E-state index contributed by atoms with van der Waals surface area (Å²) >= 11 is 0. The highest BCUT2D eigenvalue weighted by Crippen LogP contribution is 2.30. The Labute approximate surface area is 145 Å². The number of piperazine rings is 1. The molecular formula is C18H24F3N3O. The van der Waals surface area contributed by atoms with E-state index < -0.39 is 11.7 Å². The summed E-state index contributed by atoms with van der Waals surface area (Å²) in [5.41, 5.74) is 5.92. The van der Waals surface area contributed by atoms with E-state index in [4.69, 9.17) is 5.73 Å². The standard InChI is InChI=1S/C18H24F3N3O/c19-18(20,21)15-3-1-2-13(10-15)12-23-6-8-24(9-7-23)17(25)14-4-5-16(22)11-14/h1-3,10,14,16H,4-9,11-12,22H2. The lowest BCUT2D eigenvalue weighted by molar-refractivity contribution is -0.138. The number of benzene rings is 1. The molecule has 1 aliphatic heterocycles. The van der Waals surface area contributed by atoms with E-state index in [2.05, 4.69) is 4.90 Å². The molecule has 4 nitrogen and oxygen atoms in total. The first kappa shape index (κ1) is 18.2. The van der Waals surface area contributed by atoms with E-state index in [9.17, 15) is 18.0 Å². The Bertz CT molecular complexity index is 612. The van der Waals surface area contributed by atoms with Crippen molar-refractivity contribution in [1.82, 2.24) is 9.80 Å². The maximum Gasteiger partial charge on any atom is 0.416 e. The third-order valence-corrected chi connectivity index (χ3v) is 5.17. The fraction of sp³-hybridized carbons (Fsp3) is 0.611. The van der Waals surface area contributed by atoms with Crippen LogP contribution in [-0.4, -0.2) is 47.9 Å². The molecule has 25 heavy (non-hydrogen) atoms. The summed E-state index contributed by atoms with van der Waals surface area (Å²) in [6.45, 7) is 3.09. The van der Waals surface area contributed by atoms with Crippen molar-refractivity contribution in [2.45, 2.75) is 38.0 Å². The van der Waals surface area contributed by atoms with Gasteiger partial charge in [0.2, 0.25) is 5.91 Å². The van der Waals surface area contributed by atoms with Crippen LogP contribution in [0.2, 0.25) is 0 Å². The molecule has 0 aromatic heterocycles. The van der Waals surface area contributed by atoms with Crippen molar-refractivity contribution in [1.29, 1.82) is 0 Å². The molecule has 2 aliphatic rings. The van der Waals surface area contributed by atoms with Crippen LogP contribution < -0.4 is 5.73 Å². The van der Waals surface area contributed by atoms with E-state index in [1.165, 1.54) is 12.1 Å². The first-order valence-corrected chi connectivity index (χ1v) is 8.76. The summed E-state index contributed by atoms with van der Waals surface area (Å²) in [7, 11) is 0. The van der Waals surface area contributed by atoms with Gasteiger partial charge in [0.05, 0.1) is 5.56 Å². The lowest BCUT2D eigenvalue weighted by Crippen LogP contribution is -2.49. The Balaban J connectivity index is 1.52. The highest BCUT2D eigenvalue weighted by molar-refractivity contribution is 5.79. The van der Waals surface area contributed by atoms with Crippen LogP contribution in [0, 0.1) is 5.92 Å². The number of halogens is 3. The Kier molecular flexibility index (Phi) is 5.34. The van der Waals surface area contributed by atoms with Crippen molar-refractivity contribution in [3.05, 3.63) is 35.4 Å². The number of alkyl halides is 3. The molecule has 2 atom stereocenters. The minimum atomic E-state index is -4.32. The van der Waals surface area contributed by atoms with Crippen LogP contribution in [-0.2, 0) is 17.5 Å². The molecule has 1 heterocycles. The van der Waals surface area contributed by atoms with Crippen molar-refractivity contribution < 1.29 is 18.0 Å².